The van der Waals surface area contributed by atoms with E-state index in [0.717, 1.165) is 109 Å². The third kappa shape index (κ3) is 36.9. The largest absolute Gasteiger partial charge is 0.461 e. The van der Waals surface area contributed by atoms with Crippen molar-refractivity contribution in [1.82, 2.24) is 15.1 Å². The van der Waals surface area contributed by atoms with Crippen molar-refractivity contribution < 1.29 is 62.0 Å². The second-order valence-electron chi connectivity index (χ2n) is 20.3. The monoisotopic (exact) mass is 1030 g/mol. The maximum Gasteiger partial charge on any atom is 0.317 e. The Labute approximate surface area is 436 Å². The highest BCUT2D eigenvalue weighted by Crippen LogP contribution is 2.17. The fraction of sp³-hybridized carbons (Fsp3) is 0.875. The normalized spacial score (nSPS) is 13.8. The molecule has 0 aliphatic carbocycles. The predicted octanol–water partition coefficient (Wildman–Crippen LogP) is 10.9. The number of esters is 6. The van der Waals surface area contributed by atoms with Crippen LogP contribution in [0.1, 0.15) is 216 Å². The van der Waals surface area contributed by atoms with E-state index >= 15 is 0 Å². The maximum absolute atomic E-state index is 13.5. The molecule has 0 rings (SSSR count). The molecule has 16 nitrogen and oxygen atoms in total. The van der Waals surface area contributed by atoms with Gasteiger partial charge in [0, 0.05) is 32.5 Å². The number of nitrogens with zero attached hydrogens (tertiary/aromatic N) is 2. The topological polar surface area (TPSA) is 193 Å². The molecular weight excluding hydrogens is 923 g/mol. The predicted molar refractivity (Wildman–Crippen MR) is 282 cm³/mol. The first kappa shape index (κ1) is 68.0. The van der Waals surface area contributed by atoms with Crippen molar-refractivity contribution >= 4 is 41.8 Å². The quantitative estimate of drug-likeness (QED) is 0.0344. The Hall–Kier alpha value is -3.95. The van der Waals surface area contributed by atoms with Crippen LogP contribution in [0, 0.1) is 23.7 Å². The van der Waals surface area contributed by atoms with Crippen LogP contribution >= 0.6 is 0 Å². The third-order valence-corrected chi connectivity index (χ3v) is 12.8. The van der Waals surface area contributed by atoms with Crippen LogP contribution in [0.2, 0.25) is 0 Å². The van der Waals surface area contributed by atoms with E-state index in [1.54, 1.807) is 0 Å². The molecule has 1 N–H and O–H groups in total. The van der Waals surface area contributed by atoms with Gasteiger partial charge in [-0.2, -0.15) is 0 Å². The summed E-state index contributed by atoms with van der Waals surface area (Å²) in [5.41, 5.74) is 0. The molecular formula is C56H103N3O13. The van der Waals surface area contributed by atoms with Crippen LogP contribution < -0.4 is 5.32 Å². The molecule has 72 heavy (non-hydrogen) atoms. The van der Waals surface area contributed by atoms with Crippen LogP contribution in [0.4, 0.5) is 4.79 Å². The minimum absolute atomic E-state index is 0.0830. The number of hydrogen-bond acceptors (Lipinski definition) is 14. The molecule has 0 aromatic rings. The molecule has 0 aromatic heterocycles. The molecule has 4 unspecified atom stereocenters. The summed E-state index contributed by atoms with van der Waals surface area (Å²) in [4.78, 5) is 95.2. The van der Waals surface area contributed by atoms with Crippen molar-refractivity contribution in [3.8, 4) is 0 Å². The smallest absolute Gasteiger partial charge is 0.317 e. The van der Waals surface area contributed by atoms with Gasteiger partial charge in [-0.1, -0.05) is 158 Å². The van der Waals surface area contributed by atoms with Gasteiger partial charge in [0.15, 0.2) is 12.2 Å². The van der Waals surface area contributed by atoms with Gasteiger partial charge < -0.3 is 43.5 Å². The minimum Gasteiger partial charge on any atom is -0.461 e. The van der Waals surface area contributed by atoms with Gasteiger partial charge >= 0.3 is 41.8 Å². The summed E-state index contributed by atoms with van der Waals surface area (Å²) in [6, 6.07) is -0.357. The van der Waals surface area contributed by atoms with Crippen molar-refractivity contribution in [3.05, 3.63) is 0 Å². The standard InChI is InChI=1S/C56H103N3O13/c1-11-15-19-23-30-44(5)52(62)67-40-48(41-68-53(63)45(6)31-24-20-16-12-2)71-50(60)34-27-38-59(56(66)57-36-29-37-58(9)10)39-28-35-51(61)72-49(42-69-54(64)46(7)32-25-21-17-13-3)43-70-55(65)47(8)33-26-22-18-14-4/h44-49H,11-43H2,1-10H3,(H,57,66). The number of hydrogen-bond donors (Lipinski definition) is 1. The number of urea groups is 1. The SMILES string of the molecule is CCCCCCC(C)C(=O)OCC(COC(=O)C(C)CCCCCC)OC(=O)CCCN(CCCC(=O)OC(COC(=O)C(C)CCCCCC)COC(=O)C(C)CCCCCC)C(=O)NCCCN(C)C. The van der Waals surface area contributed by atoms with Crippen molar-refractivity contribution in [1.29, 1.82) is 0 Å². The van der Waals surface area contributed by atoms with Crippen LogP contribution in [0.3, 0.4) is 0 Å². The van der Waals surface area contributed by atoms with Gasteiger partial charge in [-0.25, -0.2) is 4.79 Å². The van der Waals surface area contributed by atoms with Crippen molar-refractivity contribution in [2.45, 2.75) is 228 Å². The van der Waals surface area contributed by atoms with E-state index < -0.39 is 48.0 Å². The van der Waals surface area contributed by atoms with Crippen molar-refractivity contribution in [2.75, 3.05) is 66.7 Å². The molecule has 16 heteroatoms. The number of amides is 2. The molecule has 0 fully saturated rings. The zero-order chi connectivity index (χ0) is 53.9. The summed E-state index contributed by atoms with van der Waals surface area (Å²) in [7, 11) is 3.89. The maximum atomic E-state index is 13.5. The van der Waals surface area contributed by atoms with Gasteiger partial charge in [0.25, 0.3) is 0 Å². The fourth-order valence-corrected chi connectivity index (χ4v) is 7.82. The Kier molecular flexibility index (Phi) is 42.1. The fourth-order valence-electron chi connectivity index (χ4n) is 7.82. The number of rotatable bonds is 46. The van der Waals surface area contributed by atoms with E-state index in [4.69, 9.17) is 28.4 Å². The molecule has 2 amide bonds. The van der Waals surface area contributed by atoms with Crippen LogP contribution in [0.15, 0.2) is 0 Å². The van der Waals surface area contributed by atoms with Crippen LogP contribution in [-0.2, 0) is 57.2 Å². The van der Waals surface area contributed by atoms with Crippen molar-refractivity contribution in [3.63, 3.8) is 0 Å². The molecule has 4 atom stereocenters. The highest BCUT2D eigenvalue weighted by molar-refractivity contribution is 5.75. The van der Waals surface area contributed by atoms with E-state index in [1.165, 1.54) is 4.90 Å². The first-order valence-electron chi connectivity index (χ1n) is 28.2. The second kappa shape index (κ2) is 44.5. The lowest BCUT2D eigenvalue weighted by Gasteiger charge is -2.24. The van der Waals surface area contributed by atoms with E-state index in [1.807, 2.05) is 46.7 Å². The lowest BCUT2D eigenvalue weighted by molar-refractivity contribution is -0.169. The van der Waals surface area contributed by atoms with E-state index in [2.05, 4.69) is 33.0 Å². The number of carbonyl (C=O) groups is 7. The molecule has 0 bridgehead atoms. The average molecular weight is 1030 g/mol. The molecule has 0 aliphatic heterocycles. The average Bonchev–Trinajstić information content (AvgIpc) is 3.35. The number of nitrogens with one attached hydrogen (secondary N) is 1. The Morgan fingerprint density at radius 2 is 0.708 bits per heavy atom. The molecule has 0 aromatic carbocycles. The Morgan fingerprint density at radius 3 is 0.986 bits per heavy atom. The lowest BCUT2D eigenvalue weighted by atomic mass is 10.0. The number of carbonyl (C=O) groups excluding carboxylic acids is 7. The third-order valence-electron chi connectivity index (χ3n) is 12.8. The summed E-state index contributed by atoms with van der Waals surface area (Å²) in [5.74, 6) is -4.17. The highest BCUT2D eigenvalue weighted by atomic mass is 16.6. The van der Waals surface area contributed by atoms with Gasteiger partial charge in [0.05, 0.1) is 23.7 Å². The Balaban J connectivity index is 5.80. The van der Waals surface area contributed by atoms with Gasteiger partial charge in [0.1, 0.15) is 26.4 Å². The summed E-state index contributed by atoms with van der Waals surface area (Å²) in [6.07, 6.45) is 18.1. The molecule has 420 valence electrons. The summed E-state index contributed by atoms with van der Waals surface area (Å²) < 4.78 is 33.8. The van der Waals surface area contributed by atoms with Gasteiger partial charge in [0.2, 0.25) is 0 Å². The Bertz CT molecular complexity index is 1300. The first-order chi connectivity index (χ1) is 34.5. The minimum atomic E-state index is -1.01. The zero-order valence-electron chi connectivity index (χ0n) is 47.0. The van der Waals surface area contributed by atoms with Gasteiger partial charge in [-0.3, -0.25) is 28.8 Å². The van der Waals surface area contributed by atoms with E-state index in [0.29, 0.717) is 38.6 Å². The van der Waals surface area contributed by atoms with Crippen LogP contribution in [0.5, 0.6) is 0 Å². The molecule has 0 aliphatic rings. The number of unbranched alkanes of at least 4 members (excludes halogenated alkanes) is 12. The van der Waals surface area contributed by atoms with Crippen molar-refractivity contribution in [2.24, 2.45) is 23.7 Å². The van der Waals surface area contributed by atoms with E-state index in [9.17, 15) is 33.6 Å². The zero-order valence-corrected chi connectivity index (χ0v) is 47.0. The molecule has 0 heterocycles. The number of ether oxygens (including phenoxy) is 6. The van der Waals surface area contributed by atoms with Crippen LogP contribution in [-0.4, -0.2) is 131 Å². The summed E-state index contributed by atoms with van der Waals surface area (Å²) in [5, 5.41) is 2.93. The van der Waals surface area contributed by atoms with Gasteiger partial charge in [-0.15, -0.1) is 0 Å². The second-order valence-corrected chi connectivity index (χ2v) is 20.3. The first-order valence-corrected chi connectivity index (χ1v) is 28.2. The van der Waals surface area contributed by atoms with E-state index in [-0.39, 0.29) is 94.9 Å². The van der Waals surface area contributed by atoms with Gasteiger partial charge in [-0.05, 0) is 65.6 Å². The van der Waals surface area contributed by atoms with Crippen LogP contribution in [0.25, 0.3) is 0 Å². The molecule has 0 saturated heterocycles. The highest BCUT2D eigenvalue weighted by Gasteiger charge is 2.26. The Morgan fingerprint density at radius 1 is 0.403 bits per heavy atom. The summed E-state index contributed by atoms with van der Waals surface area (Å²) >= 11 is 0. The molecule has 0 radical (unpaired) electrons. The lowest BCUT2D eigenvalue weighted by Crippen LogP contribution is -2.42. The molecule has 0 spiro atoms. The molecule has 0 saturated carbocycles. The summed E-state index contributed by atoms with van der Waals surface area (Å²) in [6.45, 7) is 16.2.